The highest BCUT2D eigenvalue weighted by Gasteiger charge is 2.50. The second-order valence-corrected chi connectivity index (χ2v) is 9.57. The molecule has 1 aromatic carbocycles. The topological polar surface area (TPSA) is 63.2 Å². The van der Waals surface area contributed by atoms with Crippen molar-refractivity contribution >= 4 is 12.1 Å². The van der Waals surface area contributed by atoms with Crippen molar-refractivity contribution in [3.63, 3.8) is 0 Å². The Kier molecular flexibility index (Phi) is 4.65. The average Bonchev–Trinajstić information content (AvgIpc) is 3.08. The van der Waals surface area contributed by atoms with Crippen molar-refractivity contribution in [2.24, 2.45) is 16.9 Å². The summed E-state index contributed by atoms with van der Waals surface area (Å²) in [6.45, 7) is 5.93. The van der Waals surface area contributed by atoms with Gasteiger partial charge in [0.05, 0.1) is 18.6 Å². The van der Waals surface area contributed by atoms with Gasteiger partial charge in [0.15, 0.2) is 11.5 Å². The van der Waals surface area contributed by atoms with Gasteiger partial charge in [0, 0.05) is 24.1 Å². The van der Waals surface area contributed by atoms with E-state index in [2.05, 4.69) is 37.4 Å². The van der Waals surface area contributed by atoms with Gasteiger partial charge in [-0.2, -0.15) is 5.10 Å². The molecule has 30 heavy (non-hydrogen) atoms. The Morgan fingerprint density at radius 1 is 1.20 bits per heavy atom. The Bertz CT molecular complexity index is 915. The van der Waals surface area contributed by atoms with Crippen LogP contribution >= 0.6 is 0 Å². The van der Waals surface area contributed by atoms with Crippen LogP contribution in [-0.4, -0.2) is 42.9 Å². The first-order valence-corrected chi connectivity index (χ1v) is 11.1. The first-order chi connectivity index (χ1) is 14.5. The Balaban J connectivity index is 1.63. The van der Waals surface area contributed by atoms with Crippen LogP contribution in [0.3, 0.4) is 0 Å². The van der Waals surface area contributed by atoms with Crippen LogP contribution in [0.25, 0.3) is 0 Å². The lowest BCUT2D eigenvalue weighted by Crippen LogP contribution is -2.56. The van der Waals surface area contributed by atoms with Gasteiger partial charge >= 0.3 is 0 Å². The lowest BCUT2D eigenvalue weighted by atomic mass is 9.75. The molecule has 1 fully saturated rings. The van der Waals surface area contributed by atoms with E-state index in [-0.39, 0.29) is 23.3 Å². The van der Waals surface area contributed by atoms with Crippen LogP contribution in [0.1, 0.15) is 50.7 Å². The number of fused-ring (bicyclic) bond motifs is 2. The summed E-state index contributed by atoms with van der Waals surface area (Å²) in [5.41, 5.74) is 1.58. The number of amides is 1. The number of benzene rings is 1. The van der Waals surface area contributed by atoms with Gasteiger partial charge in [0.2, 0.25) is 5.91 Å². The third-order valence-electron chi connectivity index (χ3n) is 7.14. The predicted octanol–water partition coefficient (Wildman–Crippen LogP) is 3.40. The van der Waals surface area contributed by atoms with Crippen molar-refractivity contribution in [3.8, 4) is 11.5 Å². The van der Waals surface area contributed by atoms with Gasteiger partial charge in [-0.05, 0) is 64.3 Å². The molecule has 3 aliphatic heterocycles. The number of nitrogens with one attached hydrogen (secondary N) is 1. The number of nitrogens with zero attached hydrogens (tertiary/aromatic N) is 2. The van der Waals surface area contributed by atoms with E-state index in [1.165, 1.54) is 5.56 Å². The Morgan fingerprint density at radius 3 is 2.73 bits per heavy atom. The Morgan fingerprint density at radius 2 is 1.97 bits per heavy atom. The average molecular weight is 410 g/mol. The third-order valence-corrected chi connectivity index (χ3v) is 7.14. The number of carbonyl (C=O) groups excluding carboxylic acids is 1. The van der Waals surface area contributed by atoms with Gasteiger partial charge in [0.1, 0.15) is 5.60 Å². The zero-order chi connectivity index (χ0) is 20.9. The SMILES string of the molecule is COc1ccc(C2(N3N=CC4CC=CCC4C3=O)CCNCC2)c2c1OC(C)(C)C2. The minimum Gasteiger partial charge on any atom is -0.493 e. The number of allylic oxidation sites excluding steroid dienone is 2. The summed E-state index contributed by atoms with van der Waals surface area (Å²) in [6, 6.07) is 4.13. The molecule has 0 spiro atoms. The second-order valence-electron chi connectivity index (χ2n) is 9.57. The highest BCUT2D eigenvalue weighted by Crippen LogP contribution is 2.50. The fourth-order valence-electron chi connectivity index (χ4n) is 5.64. The maximum atomic E-state index is 13.7. The molecule has 2 atom stereocenters. The van der Waals surface area contributed by atoms with E-state index < -0.39 is 5.54 Å². The monoisotopic (exact) mass is 409 g/mol. The predicted molar refractivity (Wildman–Crippen MR) is 116 cm³/mol. The normalized spacial score (nSPS) is 28.6. The Labute approximate surface area is 178 Å². The number of carbonyl (C=O) groups is 1. The fourth-order valence-corrected chi connectivity index (χ4v) is 5.64. The van der Waals surface area contributed by atoms with E-state index in [1.807, 2.05) is 17.3 Å². The van der Waals surface area contributed by atoms with Crippen LogP contribution in [0.15, 0.2) is 29.4 Å². The molecule has 1 aliphatic carbocycles. The van der Waals surface area contributed by atoms with E-state index in [9.17, 15) is 4.79 Å². The summed E-state index contributed by atoms with van der Waals surface area (Å²) >= 11 is 0. The maximum absolute atomic E-state index is 13.7. The molecular weight excluding hydrogens is 378 g/mol. The number of ether oxygens (including phenoxy) is 2. The number of methoxy groups -OCH3 is 1. The minimum absolute atomic E-state index is 0.00162. The van der Waals surface area contributed by atoms with Gasteiger partial charge in [0.25, 0.3) is 0 Å². The quantitative estimate of drug-likeness (QED) is 0.778. The van der Waals surface area contributed by atoms with Crippen molar-refractivity contribution in [1.82, 2.24) is 10.3 Å². The van der Waals surface area contributed by atoms with Crippen molar-refractivity contribution < 1.29 is 14.3 Å². The fraction of sp³-hybridized carbons (Fsp3) is 0.583. The molecule has 1 saturated heterocycles. The van der Waals surface area contributed by atoms with Crippen LogP contribution in [0, 0.1) is 11.8 Å². The molecule has 1 N–H and O–H groups in total. The molecule has 6 nitrogen and oxygen atoms in total. The first-order valence-electron chi connectivity index (χ1n) is 11.1. The lowest BCUT2D eigenvalue weighted by Gasteiger charge is -2.48. The number of rotatable bonds is 3. The van der Waals surface area contributed by atoms with E-state index in [4.69, 9.17) is 14.6 Å². The van der Waals surface area contributed by atoms with Gasteiger partial charge < -0.3 is 14.8 Å². The van der Waals surface area contributed by atoms with Crippen LogP contribution in [0.5, 0.6) is 11.5 Å². The van der Waals surface area contributed by atoms with Crippen molar-refractivity contribution in [2.75, 3.05) is 20.2 Å². The highest BCUT2D eigenvalue weighted by molar-refractivity contribution is 5.87. The summed E-state index contributed by atoms with van der Waals surface area (Å²) in [5.74, 6) is 1.97. The summed E-state index contributed by atoms with van der Waals surface area (Å²) in [6.07, 6.45) is 10.5. The molecule has 160 valence electrons. The third kappa shape index (κ3) is 2.96. The standard InChI is InChI=1S/C24H31N3O3/c1-23(2)14-18-19(8-9-20(29-3)21(18)30-23)24(10-12-25-13-11-24)27-22(28)17-7-5-4-6-16(17)15-26-27/h4-5,8-9,15-17,25H,6-7,10-14H2,1-3H3. The molecule has 0 aromatic heterocycles. The second kappa shape index (κ2) is 7.12. The van der Waals surface area contributed by atoms with Gasteiger partial charge in [-0.1, -0.05) is 18.2 Å². The molecule has 1 aromatic rings. The molecule has 2 unspecified atom stereocenters. The van der Waals surface area contributed by atoms with E-state index in [1.54, 1.807) is 7.11 Å². The summed E-state index contributed by atoms with van der Waals surface area (Å²) in [7, 11) is 1.68. The summed E-state index contributed by atoms with van der Waals surface area (Å²) < 4.78 is 11.9. The van der Waals surface area contributed by atoms with Crippen LogP contribution in [-0.2, 0) is 16.8 Å². The molecule has 0 bridgehead atoms. The largest absolute Gasteiger partial charge is 0.493 e. The number of hydrogen-bond donors (Lipinski definition) is 1. The summed E-state index contributed by atoms with van der Waals surface area (Å²) in [5, 5.41) is 10.1. The smallest absolute Gasteiger partial charge is 0.247 e. The van der Waals surface area contributed by atoms with E-state index >= 15 is 0 Å². The first kappa shape index (κ1) is 19.6. The van der Waals surface area contributed by atoms with Gasteiger partial charge in [-0.3, -0.25) is 4.79 Å². The number of hydrazone groups is 1. The van der Waals surface area contributed by atoms with Crippen LogP contribution in [0.4, 0.5) is 0 Å². The van der Waals surface area contributed by atoms with Crippen molar-refractivity contribution in [2.45, 2.75) is 57.1 Å². The van der Waals surface area contributed by atoms with Crippen LogP contribution in [0.2, 0.25) is 0 Å². The van der Waals surface area contributed by atoms with Gasteiger partial charge in [-0.15, -0.1) is 0 Å². The molecular formula is C24H31N3O3. The van der Waals surface area contributed by atoms with Crippen LogP contribution < -0.4 is 14.8 Å². The molecule has 4 aliphatic rings. The number of piperidine rings is 1. The zero-order valence-corrected chi connectivity index (χ0v) is 18.1. The number of hydrogen-bond acceptors (Lipinski definition) is 5. The minimum atomic E-state index is -0.453. The maximum Gasteiger partial charge on any atom is 0.247 e. The molecule has 6 heteroatoms. The summed E-state index contributed by atoms with van der Waals surface area (Å²) in [4.78, 5) is 13.7. The zero-order valence-electron chi connectivity index (χ0n) is 18.1. The Hall–Kier alpha value is -2.34. The van der Waals surface area contributed by atoms with E-state index in [0.29, 0.717) is 0 Å². The molecule has 3 heterocycles. The lowest BCUT2D eigenvalue weighted by molar-refractivity contribution is -0.146. The van der Waals surface area contributed by atoms with Gasteiger partial charge in [-0.25, -0.2) is 5.01 Å². The van der Waals surface area contributed by atoms with Crippen molar-refractivity contribution in [1.29, 1.82) is 0 Å². The molecule has 1 amide bonds. The highest BCUT2D eigenvalue weighted by atomic mass is 16.5. The molecule has 5 rings (SSSR count). The molecule has 0 radical (unpaired) electrons. The molecule has 0 saturated carbocycles. The van der Waals surface area contributed by atoms with E-state index in [0.717, 1.165) is 62.3 Å². The van der Waals surface area contributed by atoms with Crippen molar-refractivity contribution in [3.05, 3.63) is 35.4 Å².